The summed E-state index contributed by atoms with van der Waals surface area (Å²) in [6.45, 7) is 1.87. The number of para-hydroxylation sites is 1. The van der Waals surface area contributed by atoms with Gasteiger partial charge in [0.05, 0.1) is 31.0 Å². The molecule has 0 bridgehead atoms. The first kappa shape index (κ1) is 20.3. The highest BCUT2D eigenvalue weighted by Crippen LogP contribution is 2.29. The van der Waals surface area contributed by atoms with Gasteiger partial charge < -0.3 is 9.47 Å². The minimum atomic E-state index is -0.381. The molecule has 156 valence electrons. The molecule has 0 radical (unpaired) electrons. The Kier molecular flexibility index (Phi) is 5.75. The highest BCUT2D eigenvalue weighted by atomic mass is 19.1. The molecule has 0 spiro atoms. The second-order valence-corrected chi connectivity index (χ2v) is 6.77. The summed E-state index contributed by atoms with van der Waals surface area (Å²) in [7, 11) is 3.18. The predicted octanol–water partition coefficient (Wildman–Crippen LogP) is 5.29. The van der Waals surface area contributed by atoms with Gasteiger partial charge in [0.25, 0.3) is 0 Å². The second-order valence-electron chi connectivity index (χ2n) is 6.77. The smallest absolute Gasteiger partial charge is 0.165 e. The molecule has 1 N–H and O–H groups in total. The summed E-state index contributed by atoms with van der Waals surface area (Å²) in [4.78, 5) is 9.07. The Morgan fingerprint density at radius 3 is 2.42 bits per heavy atom. The molecule has 1 heterocycles. The Balaban J connectivity index is 1.73. The lowest BCUT2D eigenvalue weighted by molar-refractivity contribution is 0.355. The fourth-order valence-corrected chi connectivity index (χ4v) is 3.19. The molecular formula is C24H21FN4O2. The molecule has 31 heavy (non-hydrogen) atoms. The van der Waals surface area contributed by atoms with Crippen molar-refractivity contribution in [3.8, 4) is 22.9 Å². The minimum absolute atomic E-state index is 0.290. The molecule has 0 unspecified atom stereocenters. The van der Waals surface area contributed by atoms with Gasteiger partial charge in [-0.15, -0.1) is 0 Å². The molecule has 7 heteroatoms. The first-order valence-corrected chi connectivity index (χ1v) is 9.65. The van der Waals surface area contributed by atoms with Crippen molar-refractivity contribution < 1.29 is 13.9 Å². The van der Waals surface area contributed by atoms with Gasteiger partial charge in [-0.3, -0.25) is 5.43 Å². The number of anilines is 1. The molecule has 0 saturated heterocycles. The average Bonchev–Trinajstić information content (AvgIpc) is 2.81. The van der Waals surface area contributed by atoms with Gasteiger partial charge in [-0.2, -0.15) is 5.10 Å². The Morgan fingerprint density at radius 2 is 1.65 bits per heavy atom. The van der Waals surface area contributed by atoms with E-state index >= 15 is 0 Å². The number of nitrogens with zero attached hydrogens (tertiary/aromatic N) is 3. The van der Waals surface area contributed by atoms with Gasteiger partial charge in [-0.05, 0) is 49.4 Å². The summed E-state index contributed by atoms with van der Waals surface area (Å²) < 4.78 is 25.0. The number of hydrazone groups is 1. The number of methoxy groups -OCH3 is 2. The van der Waals surface area contributed by atoms with Crippen LogP contribution in [0.1, 0.15) is 12.5 Å². The van der Waals surface area contributed by atoms with Crippen molar-refractivity contribution in [1.82, 2.24) is 9.97 Å². The Bertz CT molecular complexity index is 1270. The zero-order valence-corrected chi connectivity index (χ0v) is 17.4. The minimum Gasteiger partial charge on any atom is -0.493 e. The maximum absolute atomic E-state index is 14.3. The number of halogens is 1. The van der Waals surface area contributed by atoms with Crippen LogP contribution in [0.25, 0.3) is 22.3 Å². The third kappa shape index (κ3) is 4.16. The number of hydrogen-bond acceptors (Lipinski definition) is 6. The molecule has 0 aliphatic rings. The fourth-order valence-electron chi connectivity index (χ4n) is 3.19. The van der Waals surface area contributed by atoms with Gasteiger partial charge in [0, 0.05) is 10.9 Å². The highest BCUT2D eigenvalue weighted by molar-refractivity contribution is 6.00. The van der Waals surface area contributed by atoms with Crippen molar-refractivity contribution in [1.29, 1.82) is 0 Å². The molecule has 0 aliphatic heterocycles. The van der Waals surface area contributed by atoms with E-state index in [1.54, 1.807) is 32.4 Å². The number of nitrogens with one attached hydrogen (secondary N) is 1. The monoisotopic (exact) mass is 416 g/mol. The number of hydrogen-bond donors (Lipinski definition) is 1. The summed E-state index contributed by atoms with van der Waals surface area (Å²) in [5.74, 6) is 1.66. The van der Waals surface area contributed by atoms with Gasteiger partial charge in [0.1, 0.15) is 5.82 Å². The normalized spacial score (nSPS) is 11.4. The van der Waals surface area contributed by atoms with Gasteiger partial charge in [-0.1, -0.05) is 24.3 Å². The van der Waals surface area contributed by atoms with Crippen molar-refractivity contribution in [3.05, 3.63) is 78.1 Å². The van der Waals surface area contributed by atoms with Crippen LogP contribution in [0.2, 0.25) is 0 Å². The van der Waals surface area contributed by atoms with Crippen molar-refractivity contribution in [2.75, 3.05) is 19.6 Å². The van der Waals surface area contributed by atoms with E-state index in [2.05, 4.69) is 20.5 Å². The number of benzene rings is 3. The Hall–Kier alpha value is -4.00. The SMILES string of the molecule is COc1ccc(/C(C)=N/Nc2nc(-c3ccccc3F)nc3ccccc23)cc1OC. The number of rotatable bonds is 6. The third-order valence-corrected chi connectivity index (χ3v) is 4.85. The van der Waals surface area contributed by atoms with Crippen LogP contribution < -0.4 is 14.9 Å². The molecule has 0 fully saturated rings. The summed E-state index contributed by atoms with van der Waals surface area (Å²) in [6, 6.07) is 19.5. The Morgan fingerprint density at radius 1 is 0.903 bits per heavy atom. The van der Waals surface area contributed by atoms with Crippen LogP contribution >= 0.6 is 0 Å². The lowest BCUT2D eigenvalue weighted by Crippen LogP contribution is -2.04. The predicted molar refractivity (Wildman–Crippen MR) is 120 cm³/mol. The molecule has 4 aromatic rings. The fraction of sp³-hybridized carbons (Fsp3) is 0.125. The molecule has 0 amide bonds. The van der Waals surface area contributed by atoms with Crippen molar-refractivity contribution in [2.45, 2.75) is 6.92 Å². The first-order valence-electron chi connectivity index (χ1n) is 9.65. The van der Waals surface area contributed by atoms with Crippen molar-refractivity contribution >= 4 is 22.4 Å². The van der Waals surface area contributed by atoms with Crippen LogP contribution in [0.5, 0.6) is 11.5 Å². The van der Waals surface area contributed by atoms with E-state index in [1.807, 2.05) is 49.4 Å². The van der Waals surface area contributed by atoms with E-state index in [4.69, 9.17) is 9.47 Å². The van der Waals surface area contributed by atoms with Gasteiger partial charge in [-0.25, -0.2) is 14.4 Å². The van der Waals surface area contributed by atoms with E-state index in [0.29, 0.717) is 34.2 Å². The van der Waals surface area contributed by atoms with Crippen molar-refractivity contribution in [2.24, 2.45) is 5.10 Å². The molecule has 6 nitrogen and oxygen atoms in total. The van der Waals surface area contributed by atoms with Gasteiger partial charge >= 0.3 is 0 Å². The molecule has 0 atom stereocenters. The van der Waals surface area contributed by atoms with Gasteiger partial charge in [0.15, 0.2) is 23.1 Å². The lowest BCUT2D eigenvalue weighted by Gasteiger charge is -2.11. The summed E-state index contributed by atoms with van der Waals surface area (Å²) >= 11 is 0. The van der Waals surface area contributed by atoms with E-state index in [1.165, 1.54) is 6.07 Å². The summed E-state index contributed by atoms with van der Waals surface area (Å²) in [6.07, 6.45) is 0. The van der Waals surface area contributed by atoms with Crippen LogP contribution in [0.15, 0.2) is 71.8 Å². The molecule has 1 aromatic heterocycles. The molecule has 3 aromatic carbocycles. The lowest BCUT2D eigenvalue weighted by atomic mass is 10.1. The molecule has 4 rings (SSSR count). The topological polar surface area (TPSA) is 68.6 Å². The molecule has 0 aliphatic carbocycles. The third-order valence-electron chi connectivity index (χ3n) is 4.85. The maximum Gasteiger partial charge on any atom is 0.165 e. The van der Waals surface area contributed by atoms with Gasteiger partial charge in [0.2, 0.25) is 0 Å². The summed E-state index contributed by atoms with van der Waals surface area (Å²) in [5, 5.41) is 5.27. The maximum atomic E-state index is 14.3. The number of aromatic nitrogens is 2. The zero-order chi connectivity index (χ0) is 21.8. The van der Waals surface area contributed by atoms with Crippen LogP contribution in [0.4, 0.5) is 10.2 Å². The van der Waals surface area contributed by atoms with Crippen LogP contribution in [-0.2, 0) is 0 Å². The average molecular weight is 416 g/mol. The second kappa shape index (κ2) is 8.79. The van der Waals surface area contributed by atoms with E-state index in [0.717, 1.165) is 16.7 Å². The van der Waals surface area contributed by atoms with E-state index < -0.39 is 0 Å². The van der Waals surface area contributed by atoms with E-state index in [9.17, 15) is 4.39 Å². The number of fused-ring (bicyclic) bond motifs is 1. The standard InChI is InChI=1S/C24H21FN4O2/c1-15(16-12-13-21(30-2)22(14-16)31-3)28-29-24-18-9-5-7-11-20(18)26-23(27-24)17-8-4-6-10-19(17)25/h4-14H,1-3H3,(H,26,27,29)/b28-15+. The highest BCUT2D eigenvalue weighted by Gasteiger charge is 2.12. The molecule has 0 saturated carbocycles. The largest absolute Gasteiger partial charge is 0.493 e. The van der Waals surface area contributed by atoms with E-state index in [-0.39, 0.29) is 5.82 Å². The Labute approximate surface area is 179 Å². The quantitative estimate of drug-likeness (QED) is 0.342. The number of ether oxygens (including phenoxy) is 2. The molecular weight excluding hydrogens is 395 g/mol. The first-order chi connectivity index (χ1) is 15.1. The summed E-state index contributed by atoms with van der Waals surface area (Å²) in [5.41, 5.74) is 5.62. The van der Waals surface area contributed by atoms with Crippen LogP contribution in [-0.4, -0.2) is 29.9 Å². The van der Waals surface area contributed by atoms with Crippen molar-refractivity contribution in [3.63, 3.8) is 0 Å². The van der Waals surface area contributed by atoms with Crippen LogP contribution in [0.3, 0.4) is 0 Å². The zero-order valence-electron chi connectivity index (χ0n) is 17.4. The van der Waals surface area contributed by atoms with Crippen LogP contribution in [0, 0.1) is 5.82 Å².